The molecule has 0 bridgehead atoms. The van der Waals surface area contributed by atoms with Gasteiger partial charge in [-0.05, 0) is 31.6 Å². The van der Waals surface area contributed by atoms with E-state index in [9.17, 15) is 14.0 Å². The van der Waals surface area contributed by atoms with Crippen LogP contribution in [0.25, 0.3) is 5.65 Å². The zero-order valence-electron chi connectivity index (χ0n) is 22.5. The number of fused-ring (bicyclic) bond motifs is 1. The normalized spacial score (nSPS) is 21.4. The average molecular weight is 542 g/mol. The van der Waals surface area contributed by atoms with Gasteiger partial charge in [0, 0.05) is 55.4 Å². The van der Waals surface area contributed by atoms with Crippen LogP contribution in [0, 0.1) is 5.41 Å². The number of carbonyl (C=O) groups excluding carboxylic acids is 2. The molecule has 0 aromatic carbocycles. The van der Waals surface area contributed by atoms with Crippen molar-refractivity contribution in [3.8, 4) is 0 Å². The topological polar surface area (TPSA) is 113 Å². The summed E-state index contributed by atoms with van der Waals surface area (Å²) in [5.41, 5.74) is 2.08. The Balaban J connectivity index is 1.04. The number of hydrogen-bond acceptors (Lipinski definition) is 8. The molecule has 2 N–H and O–H groups in total. The Hall–Kier alpha value is -3.41. The Bertz CT molecular complexity index is 1270. The zero-order chi connectivity index (χ0) is 27.3. The summed E-state index contributed by atoms with van der Waals surface area (Å²) in [5.74, 6) is 0.326. The molecule has 210 valence electrons. The van der Waals surface area contributed by atoms with Gasteiger partial charge in [-0.25, -0.2) is 14.2 Å². The number of halogens is 1. The molecule has 0 radical (unpaired) electrons. The number of carbonyl (C=O) groups is 2. The van der Waals surface area contributed by atoms with Gasteiger partial charge in [-0.3, -0.25) is 4.79 Å². The fraction of sp³-hybridized carbons (Fsp3) is 0.630. The van der Waals surface area contributed by atoms with E-state index in [4.69, 9.17) is 14.5 Å². The predicted molar refractivity (Wildman–Crippen MR) is 142 cm³/mol. The molecule has 2 amide bonds. The van der Waals surface area contributed by atoms with Crippen LogP contribution in [0.1, 0.15) is 51.0 Å². The molecule has 4 aliphatic rings. The Kier molecular flexibility index (Phi) is 6.60. The van der Waals surface area contributed by atoms with Crippen molar-refractivity contribution in [3.63, 3.8) is 0 Å². The lowest BCUT2D eigenvalue weighted by atomic mass is 9.61. The molecule has 1 saturated carbocycles. The lowest BCUT2D eigenvalue weighted by Gasteiger charge is -2.58. The van der Waals surface area contributed by atoms with Gasteiger partial charge in [-0.1, -0.05) is 20.4 Å². The number of anilines is 2. The maximum atomic E-state index is 13.0. The number of likely N-dealkylation sites (tertiary alicyclic amines) is 2. The summed E-state index contributed by atoms with van der Waals surface area (Å²) in [5, 5.41) is 11.9. The van der Waals surface area contributed by atoms with E-state index in [1.165, 1.54) is 4.90 Å². The van der Waals surface area contributed by atoms with Crippen LogP contribution in [0.15, 0.2) is 24.7 Å². The van der Waals surface area contributed by atoms with Crippen molar-refractivity contribution < 1.29 is 23.5 Å². The third-order valence-corrected chi connectivity index (χ3v) is 8.35. The minimum absolute atomic E-state index is 0.104. The van der Waals surface area contributed by atoms with E-state index in [1.54, 1.807) is 4.90 Å². The number of ether oxygens (including phenoxy) is 2. The van der Waals surface area contributed by atoms with E-state index < -0.39 is 17.8 Å². The van der Waals surface area contributed by atoms with Gasteiger partial charge in [0.1, 0.15) is 17.7 Å². The minimum Gasteiger partial charge on any atom is -0.442 e. The van der Waals surface area contributed by atoms with Crippen LogP contribution >= 0.6 is 0 Å². The van der Waals surface area contributed by atoms with Gasteiger partial charge >= 0.3 is 6.09 Å². The monoisotopic (exact) mass is 541 g/mol. The van der Waals surface area contributed by atoms with E-state index in [0.717, 1.165) is 61.7 Å². The smallest absolute Gasteiger partial charge is 0.410 e. The Morgan fingerprint density at radius 3 is 2.54 bits per heavy atom. The van der Waals surface area contributed by atoms with Crippen LogP contribution in [0.3, 0.4) is 0 Å². The van der Waals surface area contributed by atoms with Gasteiger partial charge in [0.05, 0.1) is 19.3 Å². The summed E-state index contributed by atoms with van der Waals surface area (Å²) in [6, 6.07) is 2.66. The van der Waals surface area contributed by atoms with Crippen molar-refractivity contribution in [2.45, 2.75) is 63.6 Å². The second-order valence-corrected chi connectivity index (χ2v) is 11.8. The molecule has 3 aliphatic heterocycles. The van der Waals surface area contributed by atoms with Gasteiger partial charge < -0.3 is 29.9 Å². The quantitative estimate of drug-likeness (QED) is 0.514. The van der Waals surface area contributed by atoms with Gasteiger partial charge in [0.25, 0.3) is 5.91 Å². The van der Waals surface area contributed by atoms with E-state index in [0.29, 0.717) is 25.0 Å². The number of aromatic nitrogens is 3. The largest absolute Gasteiger partial charge is 0.442 e. The van der Waals surface area contributed by atoms with Crippen molar-refractivity contribution in [2.75, 3.05) is 50.0 Å². The molecule has 1 spiro atoms. The fourth-order valence-electron chi connectivity index (χ4n) is 6.13. The van der Waals surface area contributed by atoms with E-state index in [1.807, 2.05) is 16.8 Å². The van der Waals surface area contributed by atoms with Crippen molar-refractivity contribution in [1.29, 1.82) is 0 Å². The molecule has 0 unspecified atom stereocenters. The third-order valence-electron chi connectivity index (χ3n) is 8.35. The van der Waals surface area contributed by atoms with E-state index in [-0.39, 0.29) is 30.6 Å². The first-order chi connectivity index (χ1) is 18.7. The number of rotatable bonds is 7. The van der Waals surface area contributed by atoms with Crippen LogP contribution in [0.2, 0.25) is 0 Å². The van der Waals surface area contributed by atoms with Crippen LogP contribution in [0.4, 0.5) is 20.8 Å². The number of amides is 2. The van der Waals surface area contributed by atoms with Crippen LogP contribution in [-0.4, -0.2) is 94.0 Å². The second kappa shape index (κ2) is 9.96. The molecule has 39 heavy (non-hydrogen) atoms. The lowest BCUT2D eigenvalue weighted by Crippen LogP contribution is -2.67. The fourth-order valence-corrected chi connectivity index (χ4v) is 6.13. The van der Waals surface area contributed by atoms with Crippen molar-refractivity contribution in [3.05, 3.63) is 30.2 Å². The number of hydrogen-bond donors (Lipinski definition) is 2. The van der Waals surface area contributed by atoms with E-state index in [2.05, 4.69) is 36.2 Å². The van der Waals surface area contributed by atoms with Gasteiger partial charge in [0.2, 0.25) is 0 Å². The Morgan fingerprint density at radius 2 is 1.87 bits per heavy atom. The molecule has 5 heterocycles. The molecule has 0 atom stereocenters. The summed E-state index contributed by atoms with van der Waals surface area (Å²) >= 11 is 0. The maximum absolute atomic E-state index is 13.0. The van der Waals surface area contributed by atoms with Crippen LogP contribution in [0.5, 0.6) is 0 Å². The van der Waals surface area contributed by atoms with Gasteiger partial charge in [0.15, 0.2) is 11.5 Å². The van der Waals surface area contributed by atoms with E-state index >= 15 is 0 Å². The second-order valence-electron chi connectivity index (χ2n) is 11.8. The SMILES string of the molecule is C=C(F)C(=O)N1CC(OC(=O)N2CC3(CC(Nc4cc(NC5CCOCC5)nc5c(C(C)C)cnn45)C3)C2)C1. The molecular formula is C27H36FN7O4. The zero-order valence-corrected chi connectivity index (χ0v) is 22.5. The van der Waals surface area contributed by atoms with Gasteiger partial charge in [-0.2, -0.15) is 9.61 Å². The Morgan fingerprint density at radius 1 is 1.15 bits per heavy atom. The summed E-state index contributed by atoms with van der Waals surface area (Å²) in [7, 11) is 0. The summed E-state index contributed by atoms with van der Waals surface area (Å²) in [6.07, 6.45) is 4.96. The molecule has 2 aromatic heterocycles. The molecule has 12 heteroatoms. The van der Waals surface area contributed by atoms with Gasteiger partial charge in [-0.15, -0.1) is 0 Å². The summed E-state index contributed by atoms with van der Waals surface area (Å²) < 4.78 is 25.8. The summed E-state index contributed by atoms with van der Waals surface area (Å²) in [4.78, 5) is 31.9. The first-order valence-corrected chi connectivity index (χ1v) is 13.8. The number of nitrogens with one attached hydrogen (secondary N) is 2. The highest BCUT2D eigenvalue weighted by atomic mass is 19.1. The lowest BCUT2D eigenvalue weighted by molar-refractivity contribution is -0.140. The molecular weight excluding hydrogens is 505 g/mol. The maximum Gasteiger partial charge on any atom is 0.410 e. The van der Waals surface area contributed by atoms with Crippen molar-refractivity contribution in [2.24, 2.45) is 5.41 Å². The average Bonchev–Trinajstić information content (AvgIpc) is 3.26. The first kappa shape index (κ1) is 25.8. The molecule has 6 rings (SSSR count). The molecule has 3 saturated heterocycles. The molecule has 2 aromatic rings. The third kappa shape index (κ3) is 5.02. The first-order valence-electron chi connectivity index (χ1n) is 13.8. The highest BCUT2D eigenvalue weighted by Crippen LogP contribution is 2.49. The molecule has 1 aliphatic carbocycles. The van der Waals surface area contributed by atoms with Crippen LogP contribution < -0.4 is 10.6 Å². The summed E-state index contributed by atoms with van der Waals surface area (Å²) in [6.45, 7) is 10.6. The minimum atomic E-state index is -0.996. The Labute approximate surface area is 226 Å². The van der Waals surface area contributed by atoms with Crippen LogP contribution in [-0.2, 0) is 14.3 Å². The van der Waals surface area contributed by atoms with Crippen molar-refractivity contribution >= 4 is 29.3 Å². The molecule has 11 nitrogen and oxygen atoms in total. The number of nitrogens with zero attached hydrogens (tertiary/aromatic N) is 5. The highest BCUT2D eigenvalue weighted by molar-refractivity contribution is 5.91. The standard InChI is InChI=1S/C27H36FN7O4/c1-16(2)21-11-29-35-23(8-22(32-24(21)35)30-18-4-6-38-7-5-18)31-19-9-27(10-19)14-34(15-27)26(37)39-20-12-33(13-20)25(36)17(3)28/h8,11,16,18-20,31H,3-7,9-10,12-15H2,1-2H3,(H,30,32). The molecule has 4 fully saturated rings. The highest BCUT2D eigenvalue weighted by Gasteiger charge is 2.54. The predicted octanol–water partition coefficient (Wildman–Crippen LogP) is 3.15. The van der Waals surface area contributed by atoms with Crippen molar-refractivity contribution in [1.82, 2.24) is 24.4 Å².